The Balaban J connectivity index is 2.48. The van der Waals surface area contributed by atoms with E-state index in [1.165, 1.54) is 36.8 Å². The highest BCUT2D eigenvalue weighted by Gasteiger charge is 2.13. The molecule has 0 saturated heterocycles. The van der Waals surface area contributed by atoms with E-state index in [2.05, 4.69) is 26.5 Å². The molecular weight excluding hydrogens is 132 g/mol. The van der Waals surface area contributed by atoms with E-state index in [4.69, 9.17) is 0 Å². The largest absolute Gasteiger partial charge is 0.0956 e. The first kappa shape index (κ1) is 8.58. The van der Waals surface area contributed by atoms with Gasteiger partial charge in [0.15, 0.2) is 0 Å². The van der Waals surface area contributed by atoms with Crippen LogP contribution in [0.1, 0.15) is 39.5 Å². The molecule has 0 aromatic carbocycles. The minimum absolute atomic E-state index is 0.885. The van der Waals surface area contributed by atoms with Gasteiger partial charge < -0.3 is 0 Å². The van der Waals surface area contributed by atoms with E-state index in [9.17, 15) is 0 Å². The quantitative estimate of drug-likeness (QED) is 0.563. The summed E-state index contributed by atoms with van der Waals surface area (Å²) in [6.45, 7) is 8.49. The molecule has 0 aromatic heterocycles. The van der Waals surface area contributed by atoms with E-state index < -0.39 is 0 Å². The summed E-state index contributed by atoms with van der Waals surface area (Å²) >= 11 is 0. The van der Waals surface area contributed by atoms with Gasteiger partial charge in [-0.05, 0) is 25.7 Å². The van der Waals surface area contributed by atoms with Gasteiger partial charge in [-0.3, -0.25) is 0 Å². The van der Waals surface area contributed by atoms with E-state index >= 15 is 0 Å². The highest BCUT2D eigenvalue weighted by atomic mass is 14.2. The molecule has 0 aromatic rings. The summed E-state index contributed by atoms with van der Waals surface area (Å²) < 4.78 is 0. The molecule has 1 unspecified atom stereocenters. The van der Waals surface area contributed by atoms with E-state index in [0.29, 0.717) is 0 Å². The van der Waals surface area contributed by atoms with Gasteiger partial charge in [0, 0.05) is 0 Å². The molecule has 0 N–H and O–H groups in total. The number of hydrogen-bond donors (Lipinski definition) is 0. The van der Waals surface area contributed by atoms with Crippen molar-refractivity contribution in [1.82, 2.24) is 0 Å². The van der Waals surface area contributed by atoms with Crippen LogP contribution in [0.15, 0.2) is 23.8 Å². The molecule has 0 spiro atoms. The van der Waals surface area contributed by atoms with Crippen molar-refractivity contribution in [2.24, 2.45) is 5.92 Å². The molecule has 0 fully saturated rings. The van der Waals surface area contributed by atoms with Gasteiger partial charge in [-0.15, -0.1) is 0 Å². The SMILES string of the molecule is C=C1CC(CCC)CC=C1C. The van der Waals surface area contributed by atoms with Gasteiger partial charge in [-0.2, -0.15) is 0 Å². The fraction of sp³-hybridized carbons (Fsp3) is 0.636. The molecule has 62 valence electrons. The smallest absolute Gasteiger partial charge is 0.0251 e. The zero-order chi connectivity index (χ0) is 8.27. The van der Waals surface area contributed by atoms with Crippen LogP contribution in [-0.4, -0.2) is 0 Å². The van der Waals surface area contributed by atoms with Gasteiger partial charge in [0.05, 0.1) is 0 Å². The molecule has 0 radical (unpaired) electrons. The Morgan fingerprint density at radius 2 is 2.36 bits per heavy atom. The van der Waals surface area contributed by atoms with Crippen molar-refractivity contribution in [3.63, 3.8) is 0 Å². The van der Waals surface area contributed by atoms with Gasteiger partial charge in [0.25, 0.3) is 0 Å². The van der Waals surface area contributed by atoms with Crippen molar-refractivity contribution in [3.05, 3.63) is 23.8 Å². The summed E-state index contributed by atoms with van der Waals surface area (Å²) in [5, 5.41) is 0. The van der Waals surface area contributed by atoms with Crippen LogP contribution in [-0.2, 0) is 0 Å². The third-order valence-corrected chi connectivity index (χ3v) is 2.55. The lowest BCUT2D eigenvalue weighted by atomic mass is 9.84. The van der Waals surface area contributed by atoms with Gasteiger partial charge in [0.2, 0.25) is 0 Å². The lowest BCUT2D eigenvalue weighted by Gasteiger charge is -2.21. The molecule has 1 atom stereocenters. The van der Waals surface area contributed by atoms with Crippen molar-refractivity contribution in [2.45, 2.75) is 39.5 Å². The van der Waals surface area contributed by atoms with Gasteiger partial charge >= 0.3 is 0 Å². The Morgan fingerprint density at radius 1 is 1.64 bits per heavy atom. The predicted molar refractivity (Wildman–Crippen MR) is 50.5 cm³/mol. The average molecular weight is 150 g/mol. The van der Waals surface area contributed by atoms with Crippen molar-refractivity contribution in [1.29, 1.82) is 0 Å². The van der Waals surface area contributed by atoms with Gasteiger partial charge in [-0.25, -0.2) is 0 Å². The molecule has 1 aliphatic carbocycles. The van der Waals surface area contributed by atoms with Gasteiger partial charge in [-0.1, -0.05) is 43.6 Å². The predicted octanol–water partition coefficient (Wildman–Crippen LogP) is 3.70. The lowest BCUT2D eigenvalue weighted by molar-refractivity contribution is 0.471. The van der Waals surface area contributed by atoms with E-state index in [1.807, 2.05) is 0 Å². The molecule has 1 aliphatic rings. The summed E-state index contributed by atoms with van der Waals surface area (Å²) in [5.74, 6) is 0.885. The number of allylic oxidation sites excluding steroid dienone is 3. The maximum atomic E-state index is 4.06. The second-order valence-corrected chi connectivity index (χ2v) is 3.59. The summed E-state index contributed by atoms with van der Waals surface area (Å²) in [4.78, 5) is 0. The monoisotopic (exact) mass is 150 g/mol. The number of rotatable bonds is 2. The minimum atomic E-state index is 0.885. The van der Waals surface area contributed by atoms with E-state index in [-0.39, 0.29) is 0 Å². The normalized spacial score (nSPS) is 25.1. The Morgan fingerprint density at radius 3 is 2.91 bits per heavy atom. The van der Waals surface area contributed by atoms with Crippen LogP contribution in [0.2, 0.25) is 0 Å². The fourth-order valence-corrected chi connectivity index (χ4v) is 1.71. The summed E-state index contributed by atoms with van der Waals surface area (Å²) in [5.41, 5.74) is 2.77. The maximum absolute atomic E-state index is 4.06. The van der Waals surface area contributed by atoms with Crippen LogP contribution in [0.5, 0.6) is 0 Å². The second-order valence-electron chi connectivity index (χ2n) is 3.59. The Kier molecular flexibility index (Phi) is 2.92. The Labute approximate surface area is 70.0 Å². The molecule has 0 heteroatoms. The Bertz CT molecular complexity index is 174. The molecule has 0 heterocycles. The molecule has 0 amide bonds. The van der Waals surface area contributed by atoms with E-state index in [0.717, 1.165) is 5.92 Å². The molecule has 1 rings (SSSR count). The maximum Gasteiger partial charge on any atom is -0.0251 e. The highest BCUT2D eigenvalue weighted by Crippen LogP contribution is 2.29. The zero-order valence-electron chi connectivity index (χ0n) is 7.69. The topological polar surface area (TPSA) is 0 Å². The standard InChI is InChI=1S/C11H18/c1-4-5-11-7-6-9(2)10(3)8-11/h6,11H,3-5,7-8H2,1-2H3. The third kappa shape index (κ3) is 2.21. The molecular formula is C11H18. The van der Waals surface area contributed by atoms with Crippen LogP contribution in [0.3, 0.4) is 0 Å². The van der Waals surface area contributed by atoms with Crippen LogP contribution in [0.4, 0.5) is 0 Å². The van der Waals surface area contributed by atoms with Crippen LogP contribution >= 0.6 is 0 Å². The van der Waals surface area contributed by atoms with Crippen molar-refractivity contribution < 1.29 is 0 Å². The van der Waals surface area contributed by atoms with Gasteiger partial charge in [0.1, 0.15) is 0 Å². The summed E-state index contributed by atoms with van der Waals surface area (Å²) in [6.07, 6.45) is 7.52. The minimum Gasteiger partial charge on any atom is -0.0956 e. The fourth-order valence-electron chi connectivity index (χ4n) is 1.71. The molecule has 0 bridgehead atoms. The van der Waals surface area contributed by atoms with Crippen LogP contribution in [0.25, 0.3) is 0 Å². The highest BCUT2D eigenvalue weighted by molar-refractivity contribution is 5.29. The van der Waals surface area contributed by atoms with Crippen LogP contribution < -0.4 is 0 Å². The second kappa shape index (κ2) is 3.75. The molecule has 11 heavy (non-hydrogen) atoms. The first-order valence-corrected chi connectivity index (χ1v) is 4.59. The van der Waals surface area contributed by atoms with E-state index in [1.54, 1.807) is 0 Å². The molecule has 0 aliphatic heterocycles. The average Bonchev–Trinajstić information content (AvgIpc) is 1.98. The third-order valence-electron chi connectivity index (χ3n) is 2.55. The van der Waals surface area contributed by atoms with Crippen molar-refractivity contribution in [2.75, 3.05) is 0 Å². The summed E-state index contributed by atoms with van der Waals surface area (Å²) in [7, 11) is 0. The summed E-state index contributed by atoms with van der Waals surface area (Å²) in [6, 6.07) is 0. The lowest BCUT2D eigenvalue weighted by Crippen LogP contribution is -2.06. The molecule has 0 saturated carbocycles. The first-order valence-electron chi connectivity index (χ1n) is 4.59. The number of hydrogen-bond acceptors (Lipinski definition) is 0. The van der Waals surface area contributed by atoms with Crippen molar-refractivity contribution >= 4 is 0 Å². The Hall–Kier alpha value is -0.520. The molecule has 0 nitrogen and oxygen atoms in total. The van der Waals surface area contributed by atoms with Crippen LogP contribution in [0, 0.1) is 5.92 Å². The van der Waals surface area contributed by atoms with Crippen molar-refractivity contribution in [3.8, 4) is 0 Å². The zero-order valence-corrected chi connectivity index (χ0v) is 7.69. The first-order chi connectivity index (χ1) is 5.24.